The topological polar surface area (TPSA) is 6.48 Å². The normalized spacial score (nSPS) is 36.2. The Bertz CT molecular complexity index is 348. The fourth-order valence-corrected chi connectivity index (χ4v) is 11.0. The molecule has 2 nitrogen and oxygen atoms in total. The molecule has 0 bridgehead atoms. The van der Waals surface area contributed by atoms with Gasteiger partial charge in [-0.2, -0.15) is 0 Å². The molecule has 6 heteroatoms. The predicted molar refractivity (Wildman–Crippen MR) is 133 cm³/mol. The van der Waals surface area contributed by atoms with Gasteiger partial charge in [0.15, 0.2) is 0 Å². The Balaban J connectivity index is 1.94. The Morgan fingerprint density at radius 1 is 0.481 bits per heavy atom. The van der Waals surface area contributed by atoms with Crippen molar-refractivity contribution in [1.82, 2.24) is 9.80 Å². The lowest BCUT2D eigenvalue weighted by molar-refractivity contribution is 0.183. The average molecular weight is 451 g/mol. The molecule has 0 radical (unpaired) electrons. The first-order valence-corrected chi connectivity index (χ1v) is 15.0. The van der Waals surface area contributed by atoms with Crippen LogP contribution < -0.4 is 0 Å². The van der Waals surface area contributed by atoms with E-state index in [0.717, 1.165) is 30.7 Å². The summed E-state index contributed by atoms with van der Waals surface area (Å²) in [6.45, 7) is 16.8. The fourth-order valence-electron chi connectivity index (χ4n) is 4.17. The second-order valence-electron chi connectivity index (χ2n) is 7.50. The van der Waals surface area contributed by atoms with E-state index in [1.165, 1.54) is 58.0 Å². The van der Waals surface area contributed by atoms with Crippen LogP contribution in [-0.2, 0) is 0 Å². The highest BCUT2D eigenvalue weighted by molar-refractivity contribution is 8.18. The lowest BCUT2D eigenvalue weighted by Gasteiger charge is -2.46. The van der Waals surface area contributed by atoms with Gasteiger partial charge in [-0.3, -0.25) is 9.80 Å². The van der Waals surface area contributed by atoms with E-state index in [-0.39, 0.29) is 0 Å². The summed E-state index contributed by atoms with van der Waals surface area (Å²) in [5, 5.41) is 2.89. The Labute approximate surface area is 186 Å². The number of hydrogen-bond donors (Lipinski definition) is 0. The zero-order valence-corrected chi connectivity index (χ0v) is 21.6. The Hall–Kier alpha value is 1.32. The van der Waals surface area contributed by atoms with E-state index in [1.54, 1.807) is 0 Å². The molecule has 2 aliphatic rings. The van der Waals surface area contributed by atoms with Gasteiger partial charge in [-0.25, -0.2) is 0 Å². The van der Waals surface area contributed by atoms with Crippen LogP contribution in [0.3, 0.4) is 0 Å². The zero-order valence-electron chi connectivity index (χ0n) is 18.4. The maximum absolute atomic E-state index is 2.84. The lowest BCUT2D eigenvalue weighted by Crippen LogP contribution is -2.48. The van der Waals surface area contributed by atoms with Crippen molar-refractivity contribution >= 4 is 47.0 Å². The molecule has 27 heavy (non-hydrogen) atoms. The zero-order chi connectivity index (χ0) is 19.8. The summed E-state index contributed by atoms with van der Waals surface area (Å²) >= 11 is 8.90. The lowest BCUT2D eigenvalue weighted by atomic mass is 10.2. The summed E-state index contributed by atoms with van der Waals surface area (Å²) in [4.78, 5) is 5.67. The van der Waals surface area contributed by atoms with Gasteiger partial charge in [-0.1, -0.05) is 41.5 Å². The average Bonchev–Trinajstić information content (AvgIpc) is 2.72. The third kappa shape index (κ3) is 6.65. The summed E-state index contributed by atoms with van der Waals surface area (Å²) < 4.78 is 1.59. The van der Waals surface area contributed by atoms with Crippen LogP contribution in [-0.4, -0.2) is 53.5 Å². The van der Waals surface area contributed by atoms with Gasteiger partial charge in [0, 0.05) is 13.1 Å². The van der Waals surface area contributed by atoms with E-state index in [9.17, 15) is 0 Å². The van der Waals surface area contributed by atoms with Crippen molar-refractivity contribution in [2.45, 2.75) is 117 Å². The van der Waals surface area contributed by atoms with Crippen LogP contribution in [0, 0.1) is 0 Å². The number of hydrogen-bond acceptors (Lipinski definition) is 6. The van der Waals surface area contributed by atoms with Crippen LogP contribution in [0.2, 0.25) is 0 Å². The third-order valence-corrected chi connectivity index (χ3v) is 13.2. The van der Waals surface area contributed by atoms with Crippen LogP contribution in [0.15, 0.2) is 0 Å². The van der Waals surface area contributed by atoms with Gasteiger partial charge in [-0.05, 0) is 44.9 Å². The fraction of sp³-hybridized carbons (Fsp3) is 1.00. The Kier molecular flexibility index (Phi) is 11.7. The van der Waals surface area contributed by atoms with E-state index in [2.05, 4.69) is 98.4 Å². The molecule has 160 valence electrons. The quantitative estimate of drug-likeness (QED) is 0.340. The van der Waals surface area contributed by atoms with Crippen molar-refractivity contribution in [3.8, 4) is 0 Å². The summed E-state index contributed by atoms with van der Waals surface area (Å²) in [5.74, 6) is 0. The molecule has 2 heterocycles. The van der Waals surface area contributed by atoms with E-state index >= 15 is 0 Å². The van der Waals surface area contributed by atoms with E-state index < -0.39 is 0 Å². The first-order chi connectivity index (χ1) is 13.1. The molecule has 0 aromatic carbocycles. The first kappa shape index (κ1) is 24.6. The summed E-state index contributed by atoms with van der Waals surface area (Å²) in [5.41, 5.74) is 0. The SMILES string of the molecule is CCC1S[C@@H](CC)N(CCCN2[C@H](CC)SC(CC)S[C@@H]2CC)[C@@H](CC)S1. The van der Waals surface area contributed by atoms with Gasteiger partial charge >= 0.3 is 0 Å². The largest absolute Gasteiger partial charge is 0.279 e. The molecule has 0 saturated carbocycles. The smallest absolute Gasteiger partial charge is 0.0575 e. The minimum Gasteiger partial charge on any atom is -0.279 e. The van der Waals surface area contributed by atoms with Crippen molar-refractivity contribution in [2.75, 3.05) is 13.1 Å². The van der Waals surface area contributed by atoms with Gasteiger partial charge < -0.3 is 0 Å². The molecular formula is C21H42N2S4. The van der Waals surface area contributed by atoms with Crippen LogP contribution in [0.4, 0.5) is 0 Å². The molecule has 2 fully saturated rings. The monoisotopic (exact) mass is 450 g/mol. The van der Waals surface area contributed by atoms with Gasteiger partial charge in [0.25, 0.3) is 0 Å². The summed E-state index contributed by atoms with van der Waals surface area (Å²) in [6.07, 6.45) is 9.03. The molecule has 2 aliphatic heterocycles. The van der Waals surface area contributed by atoms with Crippen LogP contribution >= 0.6 is 47.0 Å². The van der Waals surface area contributed by atoms with Gasteiger partial charge in [-0.15, -0.1) is 47.0 Å². The van der Waals surface area contributed by atoms with Gasteiger partial charge in [0.2, 0.25) is 0 Å². The minimum atomic E-state index is 0.722. The molecule has 2 saturated heterocycles. The number of nitrogens with zero attached hydrogens (tertiary/aromatic N) is 2. The number of rotatable bonds is 10. The van der Waals surface area contributed by atoms with Gasteiger partial charge in [0.1, 0.15) is 0 Å². The van der Waals surface area contributed by atoms with Crippen LogP contribution in [0.1, 0.15) is 86.5 Å². The van der Waals surface area contributed by atoms with E-state index in [1.807, 2.05) is 0 Å². The predicted octanol–water partition coefficient (Wildman–Crippen LogP) is 7.36. The highest BCUT2D eigenvalue weighted by Gasteiger charge is 2.36. The highest BCUT2D eigenvalue weighted by Crippen LogP contribution is 2.46. The van der Waals surface area contributed by atoms with Crippen molar-refractivity contribution < 1.29 is 0 Å². The molecule has 0 aliphatic carbocycles. The van der Waals surface area contributed by atoms with Crippen molar-refractivity contribution in [1.29, 1.82) is 0 Å². The second kappa shape index (κ2) is 12.9. The molecule has 0 amide bonds. The van der Waals surface area contributed by atoms with E-state index in [4.69, 9.17) is 0 Å². The molecule has 0 N–H and O–H groups in total. The van der Waals surface area contributed by atoms with Crippen LogP contribution in [0.25, 0.3) is 0 Å². The Morgan fingerprint density at radius 2 is 0.778 bits per heavy atom. The first-order valence-electron chi connectivity index (χ1n) is 11.2. The minimum absolute atomic E-state index is 0.722. The van der Waals surface area contributed by atoms with E-state index in [0.29, 0.717) is 0 Å². The summed E-state index contributed by atoms with van der Waals surface area (Å²) in [6, 6.07) is 0. The van der Waals surface area contributed by atoms with Crippen LogP contribution in [0.5, 0.6) is 0 Å². The summed E-state index contributed by atoms with van der Waals surface area (Å²) in [7, 11) is 0. The molecule has 0 aromatic heterocycles. The maximum Gasteiger partial charge on any atom is 0.0575 e. The Morgan fingerprint density at radius 3 is 1.00 bits per heavy atom. The molecular weight excluding hydrogens is 409 g/mol. The van der Waals surface area contributed by atoms with Gasteiger partial charge in [0.05, 0.1) is 30.7 Å². The van der Waals surface area contributed by atoms with Crippen molar-refractivity contribution in [3.63, 3.8) is 0 Å². The molecule has 2 unspecified atom stereocenters. The molecule has 6 atom stereocenters. The standard InChI is InChI=1S/C21H42N2S4/c1-7-16-22(17(8-2)25-20(11-5)24-16)14-13-15-23-18(9-3)26-21(12-6)27-19(23)10-4/h16-21H,7-15H2,1-6H3/t16-,17+,18-,19+,20?,21?. The van der Waals surface area contributed by atoms with Crippen molar-refractivity contribution in [3.05, 3.63) is 0 Å². The highest BCUT2D eigenvalue weighted by atomic mass is 32.2. The maximum atomic E-state index is 2.84. The van der Waals surface area contributed by atoms with Crippen molar-refractivity contribution in [2.24, 2.45) is 0 Å². The molecule has 0 aromatic rings. The molecule has 0 spiro atoms. The third-order valence-electron chi connectivity index (χ3n) is 5.61. The number of thioether (sulfide) groups is 4. The molecule has 2 rings (SSSR count). The second-order valence-corrected chi connectivity index (χ2v) is 13.6.